The van der Waals surface area contributed by atoms with Crippen molar-refractivity contribution in [2.75, 3.05) is 19.0 Å². The van der Waals surface area contributed by atoms with Gasteiger partial charge in [0.2, 0.25) is 0 Å². The Labute approximate surface area is 171 Å². The molecule has 1 aliphatic heterocycles. The van der Waals surface area contributed by atoms with Crippen molar-refractivity contribution >= 4 is 17.7 Å². The first kappa shape index (κ1) is 20.7. The lowest BCUT2D eigenvalue weighted by atomic mass is 9.99. The van der Waals surface area contributed by atoms with E-state index in [0.29, 0.717) is 30.8 Å². The summed E-state index contributed by atoms with van der Waals surface area (Å²) < 4.78 is 10.7. The largest absolute Gasteiger partial charge is 0.497 e. The second-order valence-electron chi connectivity index (χ2n) is 8.13. The summed E-state index contributed by atoms with van der Waals surface area (Å²) in [5.41, 5.74) is 2.98. The molecule has 0 spiro atoms. The molecule has 29 heavy (non-hydrogen) atoms. The Morgan fingerprint density at radius 1 is 1.10 bits per heavy atom. The van der Waals surface area contributed by atoms with E-state index in [2.05, 4.69) is 5.32 Å². The number of hydrogen-bond acceptors (Lipinski definition) is 4. The number of carbonyl (C=O) groups excluding carboxylic acids is 2. The Kier molecular flexibility index (Phi) is 6.11. The summed E-state index contributed by atoms with van der Waals surface area (Å²) in [6.45, 7) is 6.67. The second kappa shape index (κ2) is 8.55. The molecule has 154 valence electrons. The average Bonchev–Trinajstić information content (AvgIpc) is 2.92. The van der Waals surface area contributed by atoms with Crippen molar-refractivity contribution in [3.05, 3.63) is 65.0 Å². The molecule has 2 amide bonds. The van der Waals surface area contributed by atoms with Crippen LogP contribution in [0.4, 0.5) is 10.5 Å². The topological polar surface area (TPSA) is 67.9 Å². The quantitative estimate of drug-likeness (QED) is 0.826. The third kappa shape index (κ3) is 5.50. The van der Waals surface area contributed by atoms with Crippen molar-refractivity contribution < 1.29 is 19.1 Å². The maximum absolute atomic E-state index is 12.6. The molecule has 1 heterocycles. The van der Waals surface area contributed by atoms with Crippen LogP contribution in [-0.4, -0.2) is 36.2 Å². The Hall–Kier alpha value is -3.02. The Bertz CT molecular complexity index is 891. The van der Waals surface area contributed by atoms with Gasteiger partial charge in [-0.15, -0.1) is 0 Å². The van der Waals surface area contributed by atoms with E-state index in [0.717, 1.165) is 17.7 Å². The lowest BCUT2D eigenvalue weighted by molar-refractivity contribution is -0.112. The number of hydrogen-bond donors (Lipinski definition) is 1. The molecule has 0 bridgehead atoms. The molecule has 0 radical (unpaired) electrons. The van der Waals surface area contributed by atoms with Crippen LogP contribution in [-0.2, 0) is 27.2 Å². The van der Waals surface area contributed by atoms with E-state index < -0.39 is 5.60 Å². The fourth-order valence-corrected chi connectivity index (χ4v) is 3.25. The van der Waals surface area contributed by atoms with E-state index in [1.165, 1.54) is 5.56 Å². The van der Waals surface area contributed by atoms with Crippen LogP contribution in [0.1, 0.15) is 38.3 Å². The minimum absolute atomic E-state index is 0.174. The summed E-state index contributed by atoms with van der Waals surface area (Å²) >= 11 is 0. The van der Waals surface area contributed by atoms with Gasteiger partial charge in [0.25, 0.3) is 5.91 Å². The molecule has 1 N–H and O–H groups in total. The van der Waals surface area contributed by atoms with Crippen molar-refractivity contribution in [3.8, 4) is 0 Å². The number of methoxy groups -OCH3 is 1. The van der Waals surface area contributed by atoms with Crippen LogP contribution in [0.5, 0.6) is 0 Å². The van der Waals surface area contributed by atoms with E-state index in [1.807, 2.05) is 51.1 Å². The number of fused-ring (bicyclic) bond motifs is 1. The van der Waals surface area contributed by atoms with E-state index in [4.69, 9.17) is 9.47 Å². The van der Waals surface area contributed by atoms with Gasteiger partial charge in [-0.2, -0.15) is 0 Å². The lowest BCUT2D eigenvalue weighted by Gasteiger charge is -2.31. The van der Waals surface area contributed by atoms with Crippen LogP contribution in [0.2, 0.25) is 0 Å². The van der Waals surface area contributed by atoms with Gasteiger partial charge in [0.1, 0.15) is 11.4 Å². The van der Waals surface area contributed by atoms with E-state index in [1.54, 1.807) is 24.2 Å². The maximum Gasteiger partial charge on any atom is 0.410 e. The molecule has 6 heteroatoms. The monoisotopic (exact) mass is 396 g/mol. The number of nitrogens with zero attached hydrogens (tertiary/aromatic N) is 1. The third-order valence-corrected chi connectivity index (χ3v) is 4.71. The summed E-state index contributed by atoms with van der Waals surface area (Å²) in [5, 5.41) is 2.95. The van der Waals surface area contributed by atoms with Gasteiger partial charge in [0.05, 0.1) is 7.11 Å². The van der Waals surface area contributed by atoms with E-state index in [9.17, 15) is 9.59 Å². The molecule has 1 aliphatic carbocycles. The predicted molar refractivity (Wildman–Crippen MR) is 112 cm³/mol. The number of nitrogens with one attached hydrogen (secondary N) is 1. The zero-order valence-corrected chi connectivity index (χ0v) is 17.5. The van der Waals surface area contributed by atoms with Crippen molar-refractivity contribution in [1.29, 1.82) is 0 Å². The third-order valence-electron chi connectivity index (χ3n) is 4.71. The van der Waals surface area contributed by atoms with Crippen molar-refractivity contribution in [1.82, 2.24) is 4.90 Å². The van der Waals surface area contributed by atoms with Gasteiger partial charge in [0.15, 0.2) is 0 Å². The highest BCUT2D eigenvalue weighted by atomic mass is 16.6. The number of allylic oxidation sites excluding steroid dienone is 3. The minimum atomic E-state index is -0.523. The van der Waals surface area contributed by atoms with Gasteiger partial charge in [-0.3, -0.25) is 4.79 Å². The molecule has 0 fully saturated rings. The molecular weight excluding hydrogens is 368 g/mol. The average molecular weight is 396 g/mol. The molecule has 0 aromatic heterocycles. The molecule has 0 unspecified atom stereocenters. The second-order valence-corrected chi connectivity index (χ2v) is 8.13. The van der Waals surface area contributed by atoms with Gasteiger partial charge in [-0.1, -0.05) is 12.1 Å². The minimum Gasteiger partial charge on any atom is -0.497 e. The van der Waals surface area contributed by atoms with Crippen LogP contribution in [0.3, 0.4) is 0 Å². The first-order chi connectivity index (χ1) is 13.7. The summed E-state index contributed by atoms with van der Waals surface area (Å²) in [6.07, 6.45) is 8.40. The number of carbonyl (C=O) groups is 2. The van der Waals surface area contributed by atoms with Crippen LogP contribution < -0.4 is 5.32 Å². The van der Waals surface area contributed by atoms with Crippen LogP contribution >= 0.6 is 0 Å². The molecule has 3 rings (SSSR count). The Morgan fingerprint density at radius 2 is 1.90 bits per heavy atom. The highest BCUT2D eigenvalue weighted by molar-refractivity contribution is 6.05. The smallest absolute Gasteiger partial charge is 0.410 e. The SMILES string of the molecule is COC1=CCC=C(C(=O)Nc2ccc3c(c2)CN(C(=O)OC(C)(C)C)CC3)C=C1. The summed E-state index contributed by atoms with van der Waals surface area (Å²) in [4.78, 5) is 26.7. The Balaban J connectivity index is 1.68. The molecule has 0 atom stereocenters. The Morgan fingerprint density at radius 3 is 2.62 bits per heavy atom. The van der Waals surface area contributed by atoms with Crippen molar-refractivity contribution in [3.63, 3.8) is 0 Å². The molecular formula is C23H28N2O4. The van der Waals surface area contributed by atoms with E-state index in [-0.39, 0.29) is 12.0 Å². The maximum atomic E-state index is 12.6. The van der Waals surface area contributed by atoms with Gasteiger partial charge in [-0.25, -0.2) is 4.79 Å². The molecule has 0 saturated heterocycles. The van der Waals surface area contributed by atoms with Gasteiger partial charge in [-0.05, 0) is 75.1 Å². The molecule has 1 aromatic carbocycles. The van der Waals surface area contributed by atoms with Crippen LogP contribution in [0, 0.1) is 0 Å². The highest BCUT2D eigenvalue weighted by Gasteiger charge is 2.26. The fourth-order valence-electron chi connectivity index (χ4n) is 3.25. The van der Waals surface area contributed by atoms with Gasteiger partial charge < -0.3 is 19.7 Å². The number of ether oxygens (including phenoxy) is 2. The highest BCUT2D eigenvalue weighted by Crippen LogP contribution is 2.25. The molecule has 6 nitrogen and oxygen atoms in total. The molecule has 1 aromatic rings. The number of rotatable bonds is 3. The number of anilines is 1. The number of benzene rings is 1. The summed E-state index contributed by atoms with van der Waals surface area (Å²) in [7, 11) is 1.61. The molecule has 0 saturated carbocycles. The number of amides is 2. The fraction of sp³-hybridized carbons (Fsp3) is 0.391. The zero-order valence-electron chi connectivity index (χ0n) is 17.5. The van der Waals surface area contributed by atoms with Crippen LogP contribution in [0.25, 0.3) is 0 Å². The zero-order chi connectivity index (χ0) is 21.0. The standard InChI is InChI=1S/C23H28N2O4/c1-23(2,3)29-22(27)25-13-12-16-8-10-19(14-18(16)15-25)24-21(26)17-6-5-7-20(28-4)11-9-17/h6-11,14H,5,12-13,15H2,1-4H3,(H,24,26). The van der Waals surface area contributed by atoms with Crippen molar-refractivity contribution in [2.24, 2.45) is 0 Å². The van der Waals surface area contributed by atoms with Crippen molar-refractivity contribution in [2.45, 2.75) is 45.8 Å². The van der Waals surface area contributed by atoms with Crippen LogP contribution in [0.15, 0.2) is 53.8 Å². The van der Waals surface area contributed by atoms with E-state index >= 15 is 0 Å². The molecule has 2 aliphatic rings. The normalized spacial score (nSPS) is 16.2. The summed E-state index contributed by atoms with van der Waals surface area (Å²) in [5.74, 6) is 0.562. The summed E-state index contributed by atoms with van der Waals surface area (Å²) in [6, 6.07) is 5.85. The lowest BCUT2D eigenvalue weighted by Crippen LogP contribution is -2.39. The van der Waals surface area contributed by atoms with Gasteiger partial charge in [0, 0.05) is 24.4 Å². The first-order valence-corrected chi connectivity index (χ1v) is 9.78. The first-order valence-electron chi connectivity index (χ1n) is 9.78. The van der Waals surface area contributed by atoms with Gasteiger partial charge >= 0.3 is 6.09 Å². The predicted octanol–water partition coefficient (Wildman–Crippen LogP) is 4.33.